The lowest BCUT2D eigenvalue weighted by molar-refractivity contribution is -0.118. The molecule has 1 rings (SSSR count). The van der Waals surface area contributed by atoms with Crippen LogP contribution in [0.1, 0.15) is 15.3 Å². The fraction of sp³-hybridized carbons (Fsp3) is 0.727. The molecule has 14 heavy (non-hydrogen) atoms. The van der Waals surface area contributed by atoms with E-state index in [1.165, 1.54) is 0 Å². The van der Waals surface area contributed by atoms with Crippen molar-refractivity contribution in [3.63, 3.8) is 0 Å². The molecule has 0 amide bonds. The molecular formula is C11H22N2O. The monoisotopic (exact) mass is 198 g/mol. The molecule has 3 nitrogen and oxygen atoms in total. The molecule has 1 aliphatic heterocycles. The van der Waals surface area contributed by atoms with Gasteiger partial charge in [-0.2, -0.15) is 0 Å². The van der Waals surface area contributed by atoms with Gasteiger partial charge in [-0.15, -0.1) is 12.3 Å². The summed E-state index contributed by atoms with van der Waals surface area (Å²) in [4.78, 5) is 15.2. The summed E-state index contributed by atoms with van der Waals surface area (Å²) >= 11 is 0. The minimum atomic E-state index is 0. The number of piperazine rings is 1. The molecule has 82 valence electrons. The van der Waals surface area contributed by atoms with Crippen LogP contribution in [0.15, 0.2) is 0 Å². The van der Waals surface area contributed by atoms with Crippen molar-refractivity contribution in [3.8, 4) is 12.3 Å². The van der Waals surface area contributed by atoms with Crippen LogP contribution in [0.2, 0.25) is 0 Å². The van der Waals surface area contributed by atoms with Crippen molar-refractivity contribution in [1.82, 2.24) is 9.80 Å². The lowest BCUT2D eigenvalue weighted by Gasteiger charge is -2.31. The summed E-state index contributed by atoms with van der Waals surface area (Å²) < 4.78 is 0. The summed E-state index contributed by atoms with van der Waals surface area (Å²) in [6.45, 7) is 8.19. The van der Waals surface area contributed by atoms with Crippen LogP contribution < -0.4 is 0 Å². The van der Waals surface area contributed by atoms with Crippen molar-refractivity contribution in [2.75, 3.05) is 39.8 Å². The molecule has 0 aromatic heterocycles. The van der Waals surface area contributed by atoms with Gasteiger partial charge in [-0.1, -0.05) is 0 Å². The molecule has 0 radical (unpaired) electrons. The van der Waals surface area contributed by atoms with E-state index in [1.807, 2.05) is 0 Å². The van der Waals surface area contributed by atoms with Gasteiger partial charge < -0.3 is 4.90 Å². The van der Waals surface area contributed by atoms with E-state index in [0.717, 1.165) is 26.2 Å². The Morgan fingerprint density at radius 2 is 1.86 bits per heavy atom. The van der Waals surface area contributed by atoms with Crippen molar-refractivity contribution >= 4 is 5.78 Å². The molecule has 1 heterocycles. The average Bonchev–Trinajstić information content (AvgIpc) is 2.09. The predicted molar refractivity (Wildman–Crippen MR) is 61.2 cm³/mol. The SMILES string of the molecule is C#CC.CC(=O)CN1CCN(C)CC1.[HH]. The van der Waals surface area contributed by atoms with Crippen LogP contribution in [0.25, 0.3) is 0 Å². The number of carbonyl (C=O) groups excluding carboxylic acids is 1. The van der Waals surface area contributed by atoms with E-state index < -0.39 is 0 Å². The van der Waals surface area contributed by atoms with Gasteiger partial charge in [0.25, 0.3) is 0 Å². The minimum absolute atomic E-state index is 0. The summed E-state index contributed by atoms with van der Waals surface area (Å²) in [6, 6.07) is 0. The lowest BCUT2D eigenvalue weighted by atomic mass is 10.3. The maximum Gasteiger partial charge on any atom is 0.143 e. The number of carbonyl (C=O) groups is 1. The van der Waals surface area contributed by atoms with Gasteiger partial charge in [0.05, 0.1) is 6.54 Å². The van der Waals surface area contributed by atoms with Crippen LogP contribution in [-0.4, -0.2) is 55.4 Å². The van der Waals surface area contributed by atoms with Crippen LogP contribution in [0.3, 0.4) is 0 Å². The third-order valence-corrected chi connectivity index (χ3v) is 2.04. The van der Waals surface area contributed by atoms with E-state index in [-0.39, 0.29) is 7.21 Å². The van der Waals surface area contributed by atoms with Crippen molar-refractivity contribution in [2.24, 2.45) is 0 Å². The van der Waals surface area contributed by atoms with E-state index in [9.17, 15) is 4.79 Å². The lowest BCUT2D eigenvalue weighted by Crippen LogP contribution is -2.45. The van der Waals surface area contributed by atoms with Gasteiger partial charge in [0.15, 0.2) is 0 Å². The van der Waals surface area contributed by atoms with Crippen LogP contribution in [0.4, 0.5) is 0 Å². The summed E-state index contributed by atoms with van der Waals surface area (Å²) in [5, 5.41) is 0. The van der Waals surface area contributed by atoms with Gasteiger partial charge in [-0.25, -0.2) is 0 Å². The number of likely N-dealkylation sites (N-methyl/N-ethyl adjacent to an activating group) is 1. The molecule has 0 aliphatic carbocycles. The smallest absolute Gasteiger partial charge is 0.143 e. The Morgan fingerprint density at radius 3 is 2.21 bits per heavy atom. The van der Waals surface area contributed by atoms with Gasteiger partial charge in [-0.3, -0.25) is 9.69 Å². The molecule has 0 unspecified atom stereocenters. The van der Waals surface area contributed by atoms with Crippen LogP contribution >= 0.6 is 0 Å². The zero-order chi connectivity index (χ0) is 11.0. The normalized spacial score (nSPS) is 17.9. The van der Waals surface area contributed by atoms with E-state index in [0.29, 0.717) is 6.54 Å². The highest BCUT2D eigenvalue weighted by atomic mass is 16.1. The Labute approximate surface area is 88.6 Å². The Kier molecular flexibility index (Phi) is 7.09. The number of nitrogens with zero attached hydrogens (tertiary/aromatic N) is 2. The molecule has 3 heteroatoms. The number of ketones is 1. The summed E-state index contributed by atoms with van der Waals surface area (Å²) in [5.41, 5.74) is 0. The summed E-state index contributed by atoms with van der Waals surface area (Å²) in [5.74, 6) is 2.52. The van der Waals surface area contributed by atoms with Gasteiger partial charge in [-0.05, 0) is 20.9 Å². The van der Waals surface area contributed by atoms with E-state index in [2.05, 4.69) is 29.2 Å². The van der Waals surface area contributed by atoms with Gasteiger partial charge in [0.2, 0.25) is 0 Å². The highest BCUT2D eigenvalue weighted by Gasteiger charge is 2.13. The van der Waals surface area contributed by atoms with Gasteiger partial charge in [0, 0.05) is 27.6 Å². The fourth-order valence-corrected chi connectivity index (χ4v) is 1.32. The predicted octanol–water partition coefficient (Wildman–Crippen LogP) is 0.708. The Bertz CT molecular complexity index is 205. The highest BCUT2D eigenvalue weighted by Crippen LogP contribution is 1.97. The third kappa shape index (κ3) is 6.64. The largest absolute Gasteiger partial charge is 0.304 e. The molecule has 0 atom stereocenters. The first-order valence-corrected chi connectivity index (χ1v) is 4.87. The van der Waals surface area contributed by atoms with Crippen LogP contribution in [0, 0.1) is 12.3 Å². The third-order valence-electron chi connectivity index (χ3n) is 2.04. The number of Topliss-reactive ketones (excluding diaryl/α,β-unsaturated/α-hetero) is 1. The van der Waals surface area contributed by atoms with Gasteiger partial charge >= 0.3 is 0 Å². The Hall–Kier alpha value is -0.850. The van der Waals surface area contributed by atoms with Crippen molar-refractivity contribution in [1.29, 1.82) is 0 Å². The first-order valence-electron chi connectivity index (χ1n) is 4.87. The molecule has 0 aromatic rings. The van der Waals surface area contributed by atoms with E-state index >= 15 is 0 Å². The fourth-order valence-electron chi connectivity index (χ4n) is 1.32. The zero-order valence-corrected chi connectivity index (χ0v) is 9.42. The maximum absolute atomic E-state index is 10.7. The number of hydrogen-bond acceptors (Lipinski definition) is 3. The Balaban J connectivity index is 0. The van der Waals surface area contributed by atoms with Crippen molar-refractivity contribution < 1.29 is 6.22 Å². The second kappa shape index (κ2) is 7.54. The molecule has 1 saturated heterocycles. The van der Waals surface area contributed by atoms with E-state index in [1.54, 1.807) is 13.8 Å². The second-order valence-corrected chi connectivity index (χ2v) is 3.57. The van der Waals surface area contributed by atoms with Gasteiger partial charge in [0.1, 0.15) is 5.78 Å². The molecule has 1 aliphatic rings. The molecular weight excluding hydrogens is 176 g/mol. The first-order chi connectivity index (χ1) is 6.60. The van der Waals surface area contributed by atoms with Crippen LogP contribution in [0.5, 0.6) is 0 Å². The molecule has 0 aromatic carbocycles. The topological polar surface area (TPSA) is 23.6 Å². The quantitative estimate of drug-likeness (QED) is 0.611. The summed E-state index contributed by atoms with van der Waals surface area (Å²) in [6.07, 6.45) is 4.60. The Morgan fingerprint density at radius 1 is 1.43 bits per heavy atom. The molecule has 0 bridgehead atoms. The molecule has 1 fully saturated rings. The maximum atomic E-state index is 10.7. The van der Waals surface area contributed by atoms with Crippen LogP contribution in [-0.2, 0) is 4.79 Å². The average molecular weight is 198 g/mol. The second-order valence-electron chi connectivity index (χ2n) is 3.57. The molecule has 0 N–H and O–H groups in total. The molecule has 0 saturated carbocycles. The minimum Gasteiger partial charge on any atom is -0.304 e. The standard InChI is InChI=1S/C8H16N2O.C3H4.H2/c1-8(11)7-10-5-3-9(2)4-6-10;1-3-2;/h3-7H2,1-2H3;1H,2H3;1H. The number of rotatable bonds is 2. The number of hydrogen-bond donors (Lipinski definition) is 0. The first kappa shape index (κ1) is 13.2. The van der Waals surface area contributed by atoms with E-state index in [4.69, 9.17) is 0 Å². The van der Waals surface area contributed by atoms with Crippen molar-refractivity contribution in [3.05, 3.63) is 0 Å². The molecule has 0 spiro atoms. The highest BCUT2D eigenvalue weighted by molar-refractivity contribution is 5.77. The number of terminal acetylenes is 1. The van der Waals surface area contributed by atoms with Crippen molar-refractivity contribution in [2.45, 2.75) is 13.8 Å². The zero-order valence-electron chi connectivity index (χ0n) is 9.42. The summed E-state index contributed by atoms with van der Waals surface area (Å²) in [7, 11) is 2.12.